The Labute approximate surface area is 185 Å². The number of halogens is 3. The molecule has 0 aliphatic heterocycles. The van der Waals surface area contributed by atoms with Gasteiger partial charge in [-0.05, 0) is 0 Å². The zero-order chi connectivity index (χ0) is 23.4. The zero-order valence-electron chi connectivity index (χ0n) is 18.9. The van der Waals surface area contributed by atoms with Crippen molar-refractivity contribution in [3.8, 4) is 11.5 Å². The summed E-state index contributed by atoms with van der Waals surface area (Å²) in [6.07, 6.45) is -2.20. The fourth-order valence-electron chi connectivity index (χ4n) is 2.26. The van der Waals surface area contributed by atoms with E-state index in [9.17, 15) is 15.3 Å². The molecule has 0 heterocycles. The summed E-state index contributed by atoms with van der Waals surface area (Å²) in [7, 11) is 0. The summed E-state index contributed by atoms with van der Waals surface area (Å²) in [6, 6.07) is 2.84. The molecular weight excluding hydrogens is 513 g/mol. The van der Waals surface area contributed by atoms with E-state index in [1.807, 2.05) is 0 Å². The van der Waals surface area contributed by atoms with Crippen molar-refractivity contribution in [2.45, 2.75) is 85.7 Å². The molecule has 9 heteroatoms. The van der Waals surface area contributed by atoms with Gasteiger partial charge in [-0.15, -0.1) is 0 Å². The first-order chi connectivity index (χ1) is 13.5. The van der Waals surface area contributed by atoms with Crippen LogP contribution in [-0.4, -0.2) is 35.3 Å². The fraction of sp³-hybridized carbons (Fsp3) is 0.619. The molecule has 0 unspecified atom stereocenters. The Morgan fingerprint density at radius 3 is 1.43 bits per heavy atom. The van der Waals surface area contributed by atoms with Crippen molar-refractivity contribution in [2.75, 3.05) is 0 Å². The Hall–Kier alpha value is -1.65. The molecule has 0 N–H and O–H groups in total. The molecular formula is C21H31F2IO6. The maximum absolute atomic E-state index is 14.0. The molecule has 0 amide bonds. The second-order valence-electron chi connectivity index (χ2n) is 8.86. The van der Waals surface area contributed by atoms with Crippen molar-refractivity contribution in [2.24, 2.45) is 0 Å². The normalized spacial score (nSPS) is 14.4. The molecule has 2 atom stereocenters. The second-order valence-corrected chi connectivity index (χ2v) is 11.1. The number of carbonyl (C=O) groups excluding carboxylic acids is 2. The quantitative estimate of drug-likeness (QED) is 0.326. The van der Waals surface area contributed by atoms with Crippen LogP contribution in [0.5, 0.6) is 11.5 Å². The standard InChI is InChI=1S/C21H31F2IO6/c1-12-10-15(27-13(2)18(25)29-20(4,5)6)17(24(22)23)16(11-12)28-14(3)19(26)30-21(7,8)9/h10-11,13-14H,1-9H3/t13-,14-/m1/s1. The third-order valence-corrected chi connectivity index (χ3v) is 5.26. The van der Waals surface area contributed by atoms with Crippen LogP contribution in [0.2, 0.25) is 0 Å². The van der Waals surface area contributed by atoms with Crippen LogP contribution >= 0.6 is 21.0 Å². The van der Waals surface area contributed by atoms with Gasteiger partial charge in [0.25, 0.3) is 0 Å². The Bertz CT molecular complexity index is 711. The van der Waals surface area contributed by atoms with Crippen LogP contribution in [0, 0.1) is 10.5 Å². The van der Waals surface area contributed by atoms with E-state index in [4.69, 9.17) is 18.9 Å². The summed E-state index contributed by atoms with van der Waals surface area (Å²) in [5, 5.41) is 0. The molecule has 0 spiro atoms. The minimum absolute atomic E-state index is 0.144. The van der Waals surface area contributed by atoms with E-state index in [2.05, 4.69) is 0 Å². The van der Waals surface area contributed by atoms with E-state index >= 15 is 0 Å². The fourth-order valence-corrected chi connectivity index (χ4v) is 3.63. The Morgan fingerprint density at radius 1 is 0.833 bits per heavy atom. The topological polar surface area (TPSA) is 71.1 Å². The van der Waals surface area contributed by atoms with Crippen molar-refractivity contribution in [1.82, 2.24) is 0 Å². The zero-order valence-corrected chi connectivity index (χ0v) is 21.1. The average Bonchev–Trinajstić information content (AvgIpc) is 2.50. The maximum atomic E-state index is 14.0. The second kappa shape index (κ2) is 10.1. The molecule has 0 bridgehead atoms. The molecule has 0 aromatic heterocycles. The van der Waals surface area contributed by atoms with Gasteiger partial charge in [0.05, 0.1) is 0 Å². The van der Waals surface area contributed by atoms with Gasteiger partial charge in [0.15, 0.2) is 0 Å². The van der Waals surface area contributed by atoms with Crippen molar-refractivity contribution < 1.29 is 34.3 Å². The van der Waals surface area contributed by atoms with E-state index in [1.165, 1.54) is 26.0 Å². The number of hydrogen-bond donors (Lipinski definition) is 0. The SMILES string of the molecule is Cc1cc(O[C@H](C)C(=O)OC(C)(C)C)c(I(F)F)c(O[C@H](C)C(=O)OC(C)(C)C)c1. The summed E-state index contributed by atoms with van der Waals surface area (Å²) in [6.45, 7) is 14.7. The van der Waals surface area contributed by atoms with Gasteiger partial charge < -0.3 is 0 Å². The molecule has 0 radical (unpaired) electrons. The third kappa shape index (κ3) is 8.61. The summed E-state index contributed by atoms with van der Waals surface area (Å²) in [5.74, 6) is -1.62. The average molecular weight is 544 g/mol. The third-order valence-electron chi connectivity index (χ3n) is 3.38. The Morgan fingerprint density at radius 2 is 1.17 bits per heavy atom. The first-order valence-corrected chi connectivity index (χ1v) is 12.2. The van der Waals surface area contributed by atoms with E-state index in [1.54, 1.807) is 48.5 Å². The predicted octanol–water partition coefficient (Wildman–Crippen LogP) is 5.66. The van der Waals surface area contributed by atoms with Crippen LogP contribution in [0.4, 0.5) is 5.72 Å². The number of carbonyl (C=O) groups is 2. The van der Waals surface area contributed by atoms with Crippen LogP contribution in [-0.2, 0) is 19.1 Å². The van der Waals surface area contributed by atoms with Gasteiger partial charge in [0.1, 0.15) is 0 Å². The summed E-state index contributed by atoms with van der Waals surface area (Å²) >= 11 is -4.64. The molecule has 30 heavy (non-hydrogen) atoms. The van der Waals surface area contributed by atoms with Gasteiger partial charge in [-0.1, -0.05) is 0 Å². The molecule has 1 aromatic carbocycles. The van der Waals surface area contributed by atoms with Crippen molar-refractivity contribution in [1.29, 1.82) is 0 Å². The summed E-state index contributed by atoms with van der Waals surface area (Å²) in [5.41, 5.74) is -0.895. The molecule has 0 aliphatic rings. The summed E-state index contributed by atoms with van der Waals surface area (Å²) in [4.78, 5) is 24.4. The number of aryl methyl sites for hydroxylation is 1. The van der Waals surface area contributed by atoms with Crippen molar-refractivity contribution in [3.63, 3.8) is 0 Å². The molecule has 0 saturated heterocycles. The van der Waals surface area contributed by atoms with Gasteiger partial charge in [-0.25, -0.2) is 0 Å². The Kier molecular flexibility index (Phi) is 8.89. The Balaban J connectivity index is 3.18. The number of benzene rings is 1. The molecule has 1 aromatic rings. The monoisotopic (exact) mass is 544 g/mol. The van der Waals surface area contributed by atoms with Crippen LogP contribution < -0.4 is 9.47 Å². The van der Waals surface area contributed by atoms with Gasteiger partial charge in [0.2, 0.25) is 0 Å². The van der Waals surface area contributed by atoms with E-state index in [0.29, 0.717) is 5.56 Å². The molecule has 0 saturated carbocycles. The van der Waals surface area contributed by atoms with Crippen LogP contribution in [0.15, 0.2) is 12.1 Å². The number of ether oxygens (including phenoxy) is 4. The number of rotatable bonds is 7. The van der Waals surface area contributed by atoms with Gasteiger partial charge in [-0.3, -0.25) is 0 Å². The molecule has 0 aliphatic carbocycles. The van der Waals surface area contributed by atoms with Crippen molar-refractivity contribution in [3.05, 3.63) is 21.3 Å². The number of esters is 2. The molecule has 6 nitrogen and oxygen atoms in total. The molecule has 172 valence electrons. The van der Waals surface area contributed by atoms with Crippen LogP contribution in [0.25, 0.3) is 0 Å². The van der Waals surface area contributed by atoms with Crippen LogP contribution in [0.1, 0.15) is 61.0 Å². The van der Waals surface area contributed by atoms with E-state index in [0.717, 1.165) is 0 Å². The van der Waals surface area contributed by atoms with Gasteiger partial charge >= 0.3 is 186 Å². The first kappa shape index (κ1) is 26.4. The van der Waals surface area contributed by atoms with Gasteiger partial charge in [0, 0.05) is 0 Å². The minimum atomic E-state index is -4.64. The van der Waals surface area contributed by atoms with Crippen molar-refractivity contribution >= 4 is 32.9 Å². The first-order valence-electron chi connectivity index (χ1n) is 9.47. The number of hydrogen-bond acceptors (Lipinski definition) is 6. The van der Waals surface area contributed by atoms with Gasteiger partial charge in [-0.2, -0.15) is 0 Å². The van der Waals surface area contributed by atoms with E-state index in [-0.39, 0.29) is 11.5 Å². The predicted molar refractivity (Wildman–Crippen MR) is 118 cm³/mol. The van der Waals surface area contributed by atoms with Crippen LogP contribution in [0.3, 0.4) is 0 Å². The van der Waals surface area contributed by atoms with E-state index < -0.39 is 59.9 Å². The molecule has 0 fully saturated rings. The summed E-state index contributed by atoms with van der Waals surface area (Å²) < 4.78 is 49.2. The molecule has 1 rings (SSSR count).